The van der Waals surface area contributed by atoms with Crippen molar-refractivity contribution in [3.63, 3.8) is 0 Å². The molecule has 0 saturated heterocycles. The quantitative estimate of drug-likeness (QED) is 0.885. The molecule has 5 heteroatoms. The second-order valence-corrected chi connectivity index (χ2v) is 5.30. The zero-order chi connectivity index (χ0) is 14.6. The third kappa shape index (κ3) is 2.86. The van der Waals surface area contributed by atoms with Gasteiger partial charge in [-0.1, -0.05) is 26.2 Å². The fraction of sp³-hybridized carbons (Fsp3) is 0.600. The van der Waals surface area contributed by atoms with Crippen molar-refractivity contribution in [1.29, 1.82) is 0 Å². The lowest BCUT2D eigenvalue weighted by atomic mass is 9.80. The molecule has 20 heavy (non-hydrogen) atoms. The molecule has 0 unspecified atom stereocenters. The number of hydrogen-bond acceptors (Lipinski definition) is 3. The summed E-state index contributed by atoms with van der Waals surface area (Å²) < 4.78 is 5.45. The van der Waals surface area contributed by atoms with E-state index in [0.29, 0.717) is 12.8 Å². The highest BCUT2D eigenvalue weighted by Crippen LogP contribution is 2.29. The molecule has 0 atom stereocenters. The van der Waals surface area contributed by atoms with E-state index >= 15 is 0 Å². The molecule has 1 fully saturated rings. The summed E-state index contributed by atoms with van der Waals surface area (Å²) >= 11 is 0. The third-order valence-electron chi connectivity index (χ3n) is 3.96. The molecular weight excluding hydrogens is 256 g/mol. The molecule has 1 aliphatic carbocycles. The minimum atomic E-state index is -0.788. The van der Waals surface area contributed by atoms with Crippen LogP contribution in [0.5, 0.6) is 0 Å². The molecule has 1 saturated carbocycles. The van der Waals surface area contributed by atoms with Crippen LogP contribution in [0.15, 0.2) is 16.5 Å². The SMILES string of the molecule is CCc1ccc(C(=O)NC2(C(=O)NC)CCCCC2)o1. The molecule has 0 aromatic carbocycles. The summed E-state index contributed by atoms with van der Waals surface area (Å²) in [4.78, 5) is 24.4. The van der Waals surface area contributed by atoms with Crippen LogP contribution in [0, 0.1) is 0 Å². The maximum absolute atomic E-state index is 12.3. The Bertz CT molecular complexity index is 487. The maximum Gasteiger partial charge on any atom is 0.287 e. The van der Waals surface area contributed by atoms with E-state index in [1.165, 1.54) is 0 Å². The van der Waals surface area contributed by atoms with Crippen LogP contribution < -0.4 is 10.6 Å². The monoisotopic (exact) mass is 278 g/mol. The van der Waals surface area contributed by atoms with Crippen molar-refractivity contribution in [1.82, 2.24) is 10.6 Å². The van der Waals surface area contributed by atoms with Crippen molar-refractivity contribution < 1.29 is 14.0 Å². The summed E-state index contributed by atoms with van der Waals surface area (Å²) in [7, 11) is 1.60. The molecule has 110 valence electrons. The van der Waals surface area contributed by atoms with Crippen LogP contribution >= 0.6 is 0 Å². The van der Waals surface area contributed by atoms with Crippen LogP contribution in [-0.2, 0) is 11.2 Å². The Morgan fingerprint density at radius 2 is 1.95 bits per heavy atom. The van der Waals surface area contributed by atoms with Gasteiger partial charge in [0.1, 0.15) is 11.3 Å². The van der Waals surface area contributed by atoms with E-state index in [1.54, 1.807) is 19.2 Å². The molecular formula is C15H22N2O3. The third-order valence-corrected chi connectivity index (χ3v) is 3.96. The lowest BCUT2D eigenvalue weighted by molar-refractivity contribution is -0.128. The van der Waals surface area contributed by atoms with E-state index in [0.717, 1.165) is 31.4 Å². The van der Waals surface area contributed by atoms with Crippen molar-refractivity contribution in [2.75, 3.05) is 7.05 Å². The van der Waals surface area contributed by atoms with Gasteiger partial charge in [0.05, 0.1) is 0 Å². The Kier molecular flexibility index (Phi) is 4.47. The van der Waals surface area contributed by atoms with Crippen LogP contribution in [-0.4, -0.2) is 24.4 Å². The first-order chi connectivity index (χ1) is 9.61. The van der Waals surface area contributed by atoms with E-state index in [1.807, 2.05) is 6.92 Å². The van der Waals surface area contributed by atoms with E-state index < -0.39 is 5.54 Å². The van der Waals surface area contributed by atoms with Crippen molar-refractivity contribution in [2.45, 2.75) is 51.0 Å². The minimum Gasteiger partial charge on any atom is -0.456 e. The molecule has 5 nitrogen and oxygen atoms in total. The van der Waals surface area contributed by atoms with Gasteiger partial charge in [-0.2, -0.15) is 0 Å². The zero-order valence-electron chi connectivity index (χ0n) is 12.1. The van der Waals surface area contributed by atoms with Gasteiger partial charge in [0, 0.05) is 13.5 Å². The molecule has 2 N–H and O–H groups in total. The summed E-state index contributed by atoms with van der Waals surface area (Å²) in [5.74, 6) is 0.617. The predicted octanol–water partition coefficient (Wildman–Crippen LogP) is 2.02. The minimum absolute atomic E-state index is 0.118. The first kappa shape index (κ1) is 14.6. The van der Waals surface area contributed by atoms with Crippen molar-refractivity contribution >= 4 is 11.8 Å². The van der Waals surface area contributed by atoms with E-state index in [-0.39, 0.29) is 17.6 Å². The number of carbonyl (C=O) groups is 2. The fourth-order valence-corrected chi connectivity index (χ4v) is 2.77. The van der Waals surface area contributed by atoms with Crippen LogP contribution in [0.2, 0.25) is 0 Å². The average Bonchev–Trinajstić information content (AvgIpc) is 2.96. The largest absolute Gasteiger partial charge is 0.456 e. The van der Waals surface area contributed by atoms with Gasteiger partial charge in [0.15, 0.2) is 5.76 Å². The molecule has 1 aromatic rings. The first-order valence-corrected chi connectivity index (χ1v) is 7.24. The normalized spacial score (nSPS) is 17.5. The van der Waals surface area contributed by atoms with Gasteiger partial charge in [-0.3, -0.25) is 9.59 Å². The molecule has 1 heterocycles. The second kappa shape index (κ2) is 6.11. The van der Waals surface area contributed by atoms with Gasteiger partial charge in [-0.05, 0) is 25.0 Å². The van der Waals surface area contributed by atoms with Gasteiger partial charge in [0.25, 0.3) is 5.91 Å². The Balaban J connectivity index is 2.14. The molecule has 0 spiro atoms. The molecule has 0 radical (unpaired) electrons. The number of likely N-dealkylation sites (N-methyl/N-ethyl adjacent to an activating group) is 1. The van der Waals surface area contributed by atoms with Crippen molar-refractivity contribution in [3.8, 4) is 0 Å². The number of carbonyl (C=O) groups excluding carboxylic acids is 2. The maximum atomic E-state index is 12.3. The standard InChI is InChI=1S/C15H22N2O3/c1-3-11-7-8-12(20-11)13(18)17-15(14(19)16-2)9-5-4-6-10-15/h7-8H,3-6,9-10H2,1-2H3,(H,16,19)(H,17,18). The van der Waals surface area contributed by atoms with E-state index in [4.69, 9.17) is 4.42 Å². The summed E-state index contributed by atoms with van der Waals surface area (Å²) in [5, 5.41) is 5.56. The smallest absolute Gasteiger partial charge is 0.287 e. The Morgan fingerprint density at radius 3 is 2.50 bits per heavy atom. The number of amides is 2. The average molecular weight is 278 g/mol. The predicted molar refractivity (Wildman–Crippen MR) is 75.4 cm³/mol. The number of hydrogen-bond donors (Lipinski definition) is 2. The van der Waals surface area contributed by atoms with E-state index in [2.05, 4.69) is 10.6 Å². The van der Waals surface area contributed by atoms with Crippen LogP contribution in [0.4, 0.5) is 0 Å². The van der Waals surface area contributed by atoms with Gasteiger partial charge >= 0.3 is 0 Å². The number of nitrogens with one attached hydrogen (secondary N) is 2. The summed E-state index contributed by atoms with van der Waals surface area (Å²) in [6, 6.07) is 3.46. The highest BCUT2D eigenvalue weighted by atomic mass is 16.3. The number of rotatable bonds is 4. The van der Waals surface area contributed by atoms with Crippen molar-refractivity contribution in [3.05, 3.63) is 23.7 Å². The highest BCUT2D eigenvalue weighted by Gasteiger charge is 2.40. The van der Waals surface area contributed by atoms with E-state index in [9.17, 15) is 9.59 Å². The Labute approximate surface area is 119 Å². The summed E-state index contributed by atoms with van der Waals surface area (Å²) in [6.45, 7) is 1.97. The van der Waals surface area contributed by atoms with Gasteiger partial charge < -0.3 is 15.1 Å². The van der Waals surface area contributed by atoms with Crippen LogP contribution in [0.1, 0.15) is 55.3 Å². The van der Waals surface area contributed by atoms with Crippen LogP contribution in [0.25, 0.3) is 0 Å². The number of aryl methyl sites for hydroxylation is 1. The number of furan rings is 1. The molecule has 0 bridgehead atoms. The lowest BCUT2D eigenvalue weighted by Gasteiger charge is -2.35. The molecule has 1 aromatic heterocycles. The lowest BCUT2D eigenvalue weighted by Crippen LogP contribution is -2.59. The topological polar surface area (TPSA) is 71.3 Å². The summed E-state index contributed by atoms with van der Waals surface area (Å²) in [6.07, 6.45) is 5.11. The molecule has 1 aliphatic rings. The molecule has 0 aliphatic heterocycles. The van der Waals surface area contributed by atoms with Gasteiger partial charge in [0.2, 0.25) is 5.91 Å². The molecule has 2 amide bonds. The summed E-state index contributed by atoms with van der Waals surface area (Å²) in [5.41, 5.74) is -0.788. The fourth-order valence-electron chi connectivity index (χ4n) is 2.77. The van der Waals surface area contributed by atoms with Crippen molar-refractivity contribution in [2.24, 2.45) is 0 Å². The molecule has 2 rings (SSSR count). The highest BCUT2D eigenvalue weighted by molar-refractivity contribution is 5.97. The van der Waals surface area contributed by atoms with Gasteiger partial charge in [-0.25, -0.2) is 0 Å². The first-order valence-electron chi connectivity index (χ1n) is 7.24. The zero-order valence-corrected chi connectivity index (χ0v) is 12.1. The van der Waals surface area contributed by atoms with Crippen LogP contribution in [0.3, 0.4) is 0 Å². The Morgan fingerprint density at radius 1 is 1.25 bits per heavy atom. The Hall–Kier alpha value is -1.78. The second-order valence-electron chi connectivity index (χ2n) is 5.30. The van der Waals surface area contributed by atoms with Gasteiger partial charge in [-0.15, -0.1) is 0 Å².